The molecule has 0 atom stereocenters. The van der Waals surface area contributed by atoms with Gasteiger partial charge >= 0.3 is 0 Å². The second kappa shape index (κ2) is 6.03. The van der Waals surface area contributed by atoms with Gasteiger partial charge in [0.1, 0.15) is 5.75 Å². The second-order valence-electron chi connectivity index (χ2n) is 2.89. The van der Waals surface area contributed by atoms with Gasteiger partial charge in [-0.25, -0.2) is 0 Å². The van der Waals surface area contributed by atoms with E-state index in [-0.39, 0.29) is 0 Å². The summed E-state index contributed by atoms with van der Waals surface area (Å²) in [7, 11) is 0. The highest BCUT2D eigenvalue weighted by atomic mass is 79.9. The Labute approximate surface area is 88.2 Å². The molecular weight excluding hydrogens is 228 g/mol. The van der Waals surface area contributed by atoms with Crippen LogP contribution in [-0.2, 0) is 6.42 Å². The molecule has 0 aliphatic rings. The highest BCUT2D eigenvalue weighted by molar-refractivity contribution is 9.09. The highest BCUT2D eigenvalue weighted by Crippen LogP contribution is 2.13. The molecule has 1 nitrogen and oxygen atoms in total. The fourth-order valence-electron chi connectivity index (χ4n) is 1.10. The van der Waals surface area contributed by atoms with Gasteiger partial charge in [-0.15, -0.1) is 0 Å². The van der Waals surface area contributed by atoms with Gasteiger partial charge in [0.2, 0.25) is 0 Å². The minimum atomic E-state index is 0.790. The van der Waals surface area contributed by atoms with Crippen LogP contribution in [0.4, 0.5) is 0 Å². The van der Waals surface area contributed by atoms with Crippen LogP contribution in [-0.4, -0.2) is 11.9 Å². The molecule has 1 aromatic carbocycles. The number of ether oxygens (including phenoxy) is 1. The Morgan fingerprint density at radius 3 is 2.92 bits per heavy atom. The highest BCUT2D eigenvalue weighted by Gasteiger charge is 1.94. The van der Waals surface area contributed by atoms with Gasteiger partial charge in [-0.05, 0) is 30.5 Å². The topological polar surface area (TPSA) is 9.23 Å². The lowest BCUT2D eigenvalue weighted by molar-refractivity contribution is 0.319. The van der Waals surface area contributed by atoms with E-state index >= 15 is 0 Å². The van der Waals surface area contributed by atoms with Crippen molar-refractivity contribution in [3.63, 3.8) is 0 Å². The van der Waals surface area contributed by atoms with Crippen LogP contribution in [0.25, 0.3) is 0 Å². The molecule has 0 fully saturated rings. The van der Waals surface area contributed by atoms with E-state index in [1.54, 1.807) is 0 Å². The first-order chi connectivity index (χ1) is 6.36. The molecule has 1 rings (SSSR count). The van der Waals surface area contributed by atoms with E-state index in [0.717, 1.165) is 30.5 Å². The van der Waals surface area contributed by atoms with Crippen molar-refractivity contribution in [2.45, 2.75) is 19.8 Å². The number of benzene rings is 1. The fraction of sp³-hybridized carbons (Fsp3) is 0.455. The maximum atomic E-state index is 5.56. The van der Waals surface area contributed by atoms with Crippen molar-refractivity contribution in [1.82, 2.24) is 0 Å². The Kier molecular flexibility index (Phi) is 4.91. The fourth-order valence-corrected chi connectivity index (χ4v) is 1.33. The molecule has 0 spiro atoms. The zero-order valence-corrected chi connectivity index (χ0v) is 9.51. The van der Waals surface area contributed by atoms with Crippen molar-refractivity contribution in [1.29, 1.82) is 0 Å². The number of hydrogen-bond donors (Lipinski definition) is 0. The van der Waals surface area contributed by atoms with E-state index in [1.807, 2.05) is 12.1 Å². The molecule has 0 amide bonds. The third-order valence-corrected chi connectivity index (χ3v) is 2.41. The van der Waals surface area contributed by atoms with Crippen LogP contribution >= 0.6 is 15.9 Å². The molecule has 72 valence electrons. The molecule has 1 aromatic rings. The Hall–Kier alpha value is -0.500. The first kappa shape index (κ1) is 10.6. The smallest absolute Gasteiger partial charge is 0.119 e. The molecule has 2 heteroatoms. The minimum absolute atomic E-state index is 0.790. The molecule has 0 heterocycles. The summed E-state index contributed by atoms with van der Waals surface area (Å²) in [5.74, 6) is 0.986. The normalized spacial score (nSPS) is 10.0. The molecule has 0 aromatic heterocycles. The molecule has 0 N–H and O–H groups in total. The summed E-state index contributed by atoms with van der Waals surface area (Å²) in [6.45, 7) is 2.94. The van der Waals surface area contributed by atoms with Gasteiger partial charge in [-0.3, -0.25) is 0 Å². The lowest BCUT2D eigenvalue weighted by Crippen LogP contribution is -1.97. The summed E-state index contributed by atoms with van der Waals surface area (Å²) >= 11 is 3.37. The molecule has 0 bridgehead atoms. The summed E-state index contributed by atoms with van der Waals surface area (Å²) in [5.41, 5.74) is 1.33. The number of rotatable bonds is 5. The molecule has 0 saturated carbocycles. The summed E-state index contributed by atoms with van der Waals surface area (Å²) in [5, 5.41) is 1.00. The quantitative estimate of drug-likeness (QED) is 0.568. The van der Waals surface area contributed by atoms with Crippen molar-refractivity contribution in [3.8, 4) is 5.75 Å². The molecule has 0 unspecified atom stereocenters. The number of aryl methyl sites for hydroxylation is 1. The Balaban J connectivity index is 2.46. The van der Waals surface area contributed by atoms with E-state index in [1.165, 1.54) is 5.56 Å². The first-order valence-corrected chi connectivity index (χ1v) is 5.76. The van der Waals surface area contributed by atoms with Crippen molar-refractivity contribution in [2.24, 2.45) is 0 Å². The Morgan fingerprint density at radius 2 is 2.23 bits per heavy atom. The first-order valence-electron chi connectivity index (χ1n) is 4.64. The van der Waals surface area contributed by atoms with Gasteiger partial charge in [-0.1, -0.05) is 35.0 Å². The van der Waals surface area contributed by atoms with Crippen LogP contribution in [0.3, 0.4) is 0 Å². The van der Waals surface area contributed by atoms with Gasteiger partial charge in [0.15, 0.2) is 0 Å². The van der Waals surface area contributed by atoms with Gasteiger partial charge in [0.25, 0.3) is 0 Å². The van der Waals surface area contributed by atoms with Gasteiger partial charge in [0, 0.05) is 5.33 Å². The number of halogens is 1. The van der Waals surface area contributed by atoms with Gasteiger partial charge < -0.3 is 4.74 Å². The molecule has 0 radical (unpaired) electrons. The van der Waals surface area contributed by atoms with Gasteiger partial charge in [-0.2, -0.15) is 0 Å². The van der Waals surface area contributed by atoms with Crippen molar-refractivity contribution < 1.29 is 4.74 Å². The van der Waals surface area contributed by atoms with Gasteiger partial charge in [0.05, 0.1) is 6.61 Å². The monoisotopic (exact) mass is 242 g/mol. The SMILES string of the molecule is CCc1cccc(OCCCBr)c1. The van der Waals surface area contributed by atoms with Crippen molar-refractivity contribution >= 4 is 15.9 Å². The van der Waals surface area contributed by atoms with E-state index in [2.05, 4.69) is 35.0 Å². The molecule has 0 saturated heterocycles. The third-order valence-electron chi connectivity index (χ3n) is 1.85. The van der Waals surface area contributed by atoms with Crippen LogP contribution < -0.4 is 4.74 Å². The van der Waals surface area contributed by atoms with Crippen LogP contribution in [0.2, 0.25) is 0 Å². The largest absolute Gasteiger partial charge is 0.494 e. The maximum absolute atomic E-state index is 5.56. The molecule has 13 heavy (non-hydrogen) atoms. The lowest BCUT2D eigenvalue weighted by atomic mass is 10.2. The number of hydrogen-bond acceptors (Lipinski definition) is 1. The molecule has 0 aliphatic carbocycles. The number of alkyl halides is 1. The average molecular weight is 243 g/mol. The van der Waals surface area contributed by atoms with Crippen LogP contribution in [0, 0.1) is 0 Å². The minimum Gasteiger partial charge on any atom is -0.494 e. The zero-order valence-electron chi connectivity index (χ0n) is 7.92. The van der Waals surface area contributed by atoms with E-state index < -0.39 is 0 Å². The molecule has 0 aliphatic heterocycles. The zero-order chi connectivity index (χ0) is 9.52. The third kappa shape index (κ3) is 3.81. The standard InChI is InChI=1S/C11H15BrO/c1-2-10-5-3-6-11(9-10)13-8-4-7-12/h3,5-6,9H,2,4,7-8H2,1H3. The summed E-state index contributed by atoms with van der Waals surface area (Å²) in [6, 6.07) is 8.28. The second-order valence-corrected chi connectivity index (χ2v) is 3.68. The van der Waals surface area contributed by atoms with E-state index in [4.69, 9.17) is 4.74 Å². The Bertz CT molecular complexity index is 248. The van der Waals surface area contributed by atoms with E-state index in [9.17, 15) is 0 Å². The summed E-state index contributed by atoms with van der Waals surface area (Å²) in [6.07, 6.45) is 2.12. The van der Waals surface area contributed by atoms with E-state index in [0.29, 0.717) is 0 Å². The van der Waals surface area contributed by atoms with Crippen molar-refractivity contribution in [3.05, 3.63) is 29.8 Å². The van der Waals surface area contributed by atoms with Crippen LogP contribution in [0.5, 0.6) is 5.75 Å². The Morgan fingerprint density at radius 1 is 1.38 bits per heavy atom. The predicted octanol–water partition coefficient (Wildman–Crippen LogP) is 3.41. The van der Waals surface area contributed by atoms with Crippen LogP contribution in [0.15, 0.2) is 24.3 Å². The maximum Gasteiger partial charge on any atom is 0.119 e. The average Bonchev–Trinajstić information content (AvgIpc) is 2.19. The van der Waals surface area contributed by atoms with Crippen LogP contribution in [0.1, 0.15) is 18.9 Å². The summed E-state index contributed by atoms with van der Waals surface area (Å²) in [4.78, 5) is 0. The predicted molar refractivity (Wildman–Crippen MR) is 59.7 cm³/mol. The summed E-state index contributed by atoms with van der Waals surface area (Å²) < 4.78 is 5.56. The van der Waals surface area contributed by atoms with Crippen molar-refractivity contribution in [2.75, 3.05) is 11.9 Å². The lowest BCUT2D eigenvalue weighted by Gasteiger charge is -2.05. The molecular formula is C11H15BrO.